The van der Waals surface area contributed by atoms with Crippen LogP contribution >= 0.6 is 15.8 Å². The van der Waals surface area contributed by atoms with E-state index >= 15 is 0 Å². The van der Waals surface area contributed by atoms with Gasteiger partial charge in [-0.25, -0.2) is 0 Å². The average molecular weight is 649 g/mol. The van der Waals surface area contributed by atoms with Gasteiger partial charge in [-0.15, -0.1) is 0 Å². The Kier molecular flexibility index (Phi) is 13.1. The van der Waals surface area contributed by atoms with Crippen LogP contribution in [-0.2, 0) is 17.1 Å². The zero-order chi connectivity index (χ0) is 29.5. The van der Waals surface area contributed by atoms with Crippen LogP contribution in [0.3, 0.4) is 0 Å². The van der Waals surface area contributed by atoms with Gasteiger partial charge in [-0.3, -0.25) is 0 Å². The van der Waals surface area contributed by atoms with Crippen LogP contribution in [0.1, 0.15) is 80.5 Å². The van der Waals surface area contributed by atoms with E-state index in [-0.39, 0.29) is 17.1 Å². The molecule has 0 N–H and O–H groups in total. The quantitative estimate of drug-likeness (QED) is 0.138. The van der Waals surface area contributed by atoms with Gasteiger partial charge in [-0.05, 0) is 94.8 Å². The zero-order valence-electron chi connectivity index (χ0n) is 26.9. The summed E-state index contributed by atoms with van der Waals surface area (Å²) in [4.78, 5) is 0. The summed E-state index contributed by atoms with van der Waals surface area (Å²) < 4.78 is 0. The molecule has 6 rings (SSSR count). The summed E-state index contributed by atoms with van der Waals surface area (Å²) in [5, 5.41) is 6.18. The largest absolute Gasteiger partial charge is 0.0622 e. The normalized spacial score (nSPS) is 18.7. The van der Waals surface area contributed by atoms with Crippen LogP contribution in [-0.4, -0.2) is 11.3 Å². The number of aryl methyl sites for hydroxylation is 4. The van der Waals surface area contributed by atoms with E-state index in [4.69, 9.17) is 0 Å². The molecule has 3 heteroatoms. The van der Waals surface area contributed by atoms with Crippen molar-refractivity contribution in [3.05, 3.63) is 119 Å². The molecule has 4 aromatic rings. The Balaban J connectivity index is 0.000000641. The van der Waals surface area contributed by atoms with Crippen molar-refractivity contribution in [1.29, 1.82) is 0 Å². The molecule has 0 saturated heterocycles. The third-order valence-electron chi connectivity index (χ3n) is 9.18. The van der Waals surface area contributed by atoms with Gasteiger partial charge in [0.25, 0.3) is 0 Å². The smallest absolute Gasteiger partial charge is 0 e. The van der Waals surface area contributed by atoms with E-state index in [0.29, 0.717) is 5.66 Å². The molecule has 4 aromatic carbocycles. The molecule has 2 aliphatic rings. The first-order valence-corrected chi connectivity index (χ1v) is 19.1. The first kappa shape index (κ1) is 34.1. The number of hydrogen-bond acceptors (Lipinski definition) is 0. The summed E-state index contributed by atoms with van der Waals surface area (Å²) >= 11 is 0. The van der Waals surface area contributed by atoms with Crippen LogP contribution in [0.15, 0.2) is 97.1 Å². The molecule has 0 amide bonds. The number of rotatable bonds is 7. The summed E-state index contributed by atoms with van der Waals surface area (Å²) in [7, 11) is -0.868. The first-order chi connectivity index (χ1) is 20.4. The van der Waals surface area contributed by atoms with Crippen LogP contribution in [0, 0.1) is 33.6 Å². The third-order valence-corrected chi connectivity index (χ3v) is 15.0. The fourth-order valence-corrected chi connectivity index (χ4v) is 14.2. The second-order valence-electron chi connectivity index (χ2n) is 12.8. The van der Waals surface area contributed by atoms with Crippen molar-refractivity contribution in [2.24, 2.45) is 5.92 Å². The molecule has 2 aliphatic carbocycles. The van der Waals surface area contributed by atoms with Gasteiger partial charge in [0.2, 0.25) is 0 Å². The van der Waals surface area contributed by atoms with Crippen LogP contribution < -0.4 is 21.2 Å². The fraction of sp³-hybridized carbons (Fsp3) is 0.400. The summed E-state index contributed by atoms with van der Waals surface area (Å²) in [6, 6.07) is 37.4. The maximum Gasteiger partial charge on any atom is 0 e. The molecule has 3 atom stereocenters. The van der Waals surface area contributed by atoms with E-state index in [0.717, 1.165) is 11.6 Å². The standard InChI is InChI=1S/C35H40P2.C5H10.Fe/c1-25-19-26(2)22-32(21-25)36(33-23-27(3)20-28(4)24-33)29(5)34-17-12-18-35(34)37(30-13-8-6-9-14-30)31-15-10-7-11-16-31;1-2-4-5-3-1;/h6-11,13-16,19-24,29,34-35H,12,17-18H2,1-5H3;1-5H2;. The van der Waals surface area contributed by atoms with Gasteiger partial charge in [0.15, 0.2) is 0 Å². The summed E-state index contributed by atoms with van der Waals surface area (Å²) in [6.07, 6.45) is 11.5. The molecule has 0 aromatic heterocycles. The SMILES string of the molecule is C1CCCC1.Cc1cc(C)cc(P(c2cc(C)cc(C)c2)C(C)C2CCCC2P(c2ccccc2)c2ccccc2)c1.[Fe]. The van der Waals surface area contributed by atoms with Crippen molar-refractivity contribution in [1.82, 2.24) is 0 Å². The third kappa shape index (κ3) is 8.92. The van der Waals surface area contributed by atoms with Gasteiger partial charge in [0.05, 0.1) is 0 Å². The van der Waals surface area contributed by atoms with Gasteiger partial charge in [0.1, 0.15) is 0 Å². The van der Waals surface area contributed by atoms with Crippen molar-refractivity contribution in [2.75, 3.05) is 0 Å². The monoisotopic (exact) mass is 648 g/mol. The minimum Gasteiger partial charge on any atom is -0.0622 e. The molecule has 0 radical (unpaired) electrons. The molecule has 2 fully saturated rings. The Morgan fingerprint density at radius 1 is 0.512 bits per heavy atom. The Morgan fingerprint density at radius 3 is 1.30 bits per heavy atom. The minimum atomic E-state index is -0.467. The molecular weight excluding hydrogens is 598 g/mol. The van der Waals surface area contributed by atoms with Crippen molar-refractivity contribution in [3.8, 4) is 0 Å². The molecule has 0 aliphatic heterocycles. The molecule has 0 spiro atoms. The van der Waals surface area contributed by atoms with Gasteiger partial charge in [-0.1, -0.05) is 165 Å². The maximum atomic E-state index is 2.59. The molecule has 2 saturated carbocycles. The summed E-state index contributed by atoms with van der Waals surface area (Å²) in [5.41, 5.74) is 6.89. The topological polar surface area (TPSA) is 0 Å². The van der Waals surface area contributed by atoms with Crippen molar-refractivity contribution in [3.63, 3.8) is 0 Å². The Bertz CT molecular complexity index is 1270. The average Bonchev–Trinajstić information content (AvgIpc) is 3.70. The predicted octanol–water partition coefficient (Wildman–Crippen LogP) is 9.99. The van der Waals surface area contributed by atoms with Crippen molar-refractivity contribution in [2.45, 2.75) is 97.3 Å². The van der Waals surface area contributed by atoms with Gasteiger partial charge in [0, 0.05) is 17.1 Å². The van der Waals surface area contributed by atoms with Gasteiger partial charge < -0.3 is 0 Å². The molecular formula is C40H50FeP2. The van der Waals surface area contributed by atoms with E-state index < -0.39 is 15.8 Å². The van der Waals surface area contributed by atoms with E-state index in [1.54, 1.807) is 10.6 Å². The minimum absolute atomic E-state index is 0. The maximum absolute atomic E-state index is 2.59. The van der Waals surface area contributed by atoms with E-state index in [1.807, 2.05) is 0 Å². The van der Waals surface area contributed by atoms with Crippen LogP contribution in [0.4, 0.5) is 0 Å². The Morgan fingerprint density at radius 2 is 0.907 bits per heavy atom. The molecule has 3 unspecified atom stereocenters. The molecule has 0 bridgehead atoms. The Labute approximate surface area is 275 Å². The second-order valence-corrected chi connectivity index (χ2v) is 17.8. The predicted molar refractivity (Wildman–Crippen MR) is 191 cm³/mol. The molecule has 228 valence electrons. The molecule has 0 nitrogen and oxygen atoms in total. The van der Waals surface area contributed by atoms with Gasteiger partial charge >= 0.3 is 0 Å². The summed E-state index contributed by atoms with van der Waals surface area (Å²) in [5.74, 6) is 0.722. The Hall–Kier alpha value is -1.74. The van der Waals surface area contributed by atoms with Crippen LogP contribution in [0.5, 0.6) is 0 Å². The molecule has 43 heavy (non-hydrogen) atoms. The summed E-state index contributed by atoms with van der Waals surface area (Å²) in [6.45, 7) is 11.6. The first-order valence-electron chi connectivity index (χ1n) is 16.3. The number of benzene rings is 4. The van der Waals surface area contributed by atoms with Crippen molar-refractivity contribution < 1.29 is 17.1 Å². The van der Waals surface area contributed by atoms with Crippen LogP contribution in [0.25, 0.3) is 0 Å². The van der Waals surface area contributed by atoms with E-state index in [9.17, 15) is 0 Å². The van der Waals surface area contributed by atoms with E-state index in [2.05, 4.69) is 132 Å². The van der Waals surface area contributed by atoms with Gasteiger partial charge in [-0.2, -0.15) is 0 Å². The van der Waals surface area contributed by atoms with Crippen LogP contribution in [0.2, 0.25) is 0 Å². The zero-order valence-corrected chi connectivity index (χ0v) is 29.8. The molecule has 0 heterocycles. The second kappa shape index (κ2) is 16.5. The fourth-order valence-electron chi connectivity index (χ4n) is 7.44. The van der Waals surface area contributed by atoms with Crippen molar-refractivity contribution >= 4 is 37.1 Å². The van der Waals surface area contributed by atoms with E-state index in [1.165, 1.54) is 84.2 Å². The number of hydrogen-bond donors (Lipinski definition) is 0.